The minimum Gasteiger partial charge on any atom is -0.351 e. The SMILES string of the molecule is Cc1ccc(S(=O)(=O)NC(C2=C(Nc3ccccc3)C(=O)N(C)C2=O)c2ccccc2Cl)cc1. The lowest BCUT2D eigenvalue weighted by molar-refractivity contribution is -0.136. The number of likely N-dealkylation sites (N-methyl/N-ethyl adjacent to an activating group) is 1. The third-order valence-corrected chi connectivity index (χ3v) is 7.26. The van der Waals surface area contributed by atoms with Gasteiger partial charge in [0.05, 0.1) is 16.5 Å². The Hall–Kier alpha value is -3.46. The van der Waals surface area contributed by atoms with Crippen molar-refractivity contribution in [3.8, 4) is 0 Å². The number of aryl methyl sites for hydroxylation is 1. The van der Waals surface area contributed by atoms with Gasteiger partial charge in [0.1, 0.15) is 5.70 Å². The van der Waals surface area contributed by atoms with E-state index >= 15 is 0 Å². The lowest BCUT2D eigenvalue weighted by atomic mass is 9.98. The van der Waals surface area contributed by atoms with E-state index in [1.807, 2.05) is 13.0 Å². The van der Waals surface area contributed by atoms with E-state index in [0.29, 0.717) is 11.3 Å². The molecule has 9 heteroatoms. The summed E-state index contributed by atoms with van der Waals surface area (Å²) >= 11 is 6.43. The number of hydrogen-bond donors (Lipinski definition) is 2. The maximum Gasteiger partial charge on any atom is 0.277 e. The van der Waals surface area contributed by atoms with E-state index in [0.717, 1.165) is 10.5 Å². The van der Waals surface area contributed by atoms with Gasteiger partial charge < -0.3 is 5.32 Å². The summed E-state index contributed by atoms with van der Waals surface area (Å²) in [7, 11) is -2.74. The molecule has 0 spiro atoms. The van der Waals surface area contributed by atoms with Crippen LogP contribution < -0.4 is 10.0 Å². The molecule has 1 atom stereocenters. The van der Waals surface area contributed by atoms with Gasteiger partial charge in [-0.25, -0.2) is 8.42 Å². The largest absolute Gasteiger partial charge is 0.351 e. The molecule has 0 fully saturated rings. The number of nitrogens with zero attached hydrogens (tertiary/aromatic N) is 1. The molecule has 0 radical (unpaired) electrons. The van der Waals surface area contributed by atoms with Crippen LogP contribution in [0.25, 0.3) is 0 Å². The summed E-state index contributed by atoms with van der Waals surface area (Å²) in [5.74, 6) is -1.20. The molecular weight excluding hydrogens is 474 g/mol. The number of hydrogen-bond acceptors (Lipinski definition) is 5. The van der Waals surface area contributed by atoms with Crippen LogP contribution in [0.2, 0.25) is 5.02 Å². The number of carbonyl (C=O) groups excluding carboxylic acids is 2. The smallest absolute Gasteiger partial charge is 0.277 e. The van der Waals surface area contributed by atoms with Gasteiger partial charge in [-0.2, -0.15) is 4.72 Å². The molecule has 0 bridgehead atoms. The lowest BCUT2D eigenvalue weighted by Gasteiger charge is -2.22. The number of para-hydroxylation sites is 1. The molecule has 1 unspecified atom stereocenters. The molecule has 0 aliphatic carbocycles. The second-order valence-electron chi connectivity index (χ2n) is 7.84. The molecule has 34 heavy (non-hydrogen) atoms. The van der Waals surface area contributed by atoms with Crippen LogP contribution in [0.1, 0.15) is 17.2 Å². The molecule has 2 N–H and O–H groups in total. The van der Waals surface area contributed by atoms with Crippen LogP contribution in [-0.4, -0.2) is 32.2 Å². The maximum atomic E-state index is 13.3. The molecule has 0 saturated heterocycles. The lowest BCUT2D eigenvalue weighted by Crippen LogP contribution is -2.34. The first-order chi connectivity index (χ1) is 16.2. The van der Waals surface area contributed by atoms with Crippen molar-refractivity contribution in [1.82, 2.24) is 9.62 Å². The Balaban J connectivity index is 1.88. The number of halogens is 1. The van der Waals surface area contributed by atoms with E-state index in [-0.39, 0.29) is 21.2 Å². The van der Waals surface area contributed by atoms with Crippen molar-refractivity contribution in [3.63, 3.8) is 0 Å². The molecule has 3 aromatic rings. The van der Waals surface area contributed by atoms with Gasteiger partial charge in [0.25, 0.3) is 11.8 Å². The Labute approximate surface area is 203 Å². The topological polar surface area (TPSA) is 95.6 Å². The predicted octanol–water partition coefficient (Wildman–Crippen LogP) is 4.03. The number of rotatable bonds is 7. The van der Waals surface area contributed by atoms with Gasteiger partial charge >= 0.3 is 0 Å². The average molecular weight is 496 g/mol. The fourth-order valence-electron chi connectivity index (χ4n) is 3.64. The quantitative estimate of drug-likeness (QED) is 0.482. The molecule has 4 rings (SSSR count). The van der Waals surface area contributed by atoms with Crippen LogP contribution in [-0.2, 0) is 19.6 Å². The second-order valence-corrected chi connectivity index (χ2v) is 9.96. The Morgan fingerprint density at radius 2 is 1.47 bits per heavy atom. The molecule has 2 amide bonds. The maximum absolute atomic E-state index is 13.3. The van der Waals surface area contributed by atoms with Crippen LogP contribution >= 0.6 is 11.6 Å². The minimum absolute atomic E-state index is 0.0183. The summed E-state index contributed by atoms with van der Waals surface area (Å²) in [5, 5.41) is 3.24. The van der Waals surface area contributed by atoms with E-state index in [4.69, 9.17) is 11.6 Å². The van der Waals surface area contributed by atoms with Crippen LogP contribution in [0, 0.1) is 6.92 Å². The summed E-state index contributed by atoms with van der Waals surface area (Å²) < 4.78 is 29.3. The van der Waals surface area contributed by atoms with Gasteiger partial charge in [0, 0.05) is 17.8 Å². The third-order valence-electron chi connectivity index (χ3n) is 5.48. The molecule has 174 valence electrons. The Bertz CT molecular complexity index is 1390. The Morgan fingerprint density at radius 1 is 0.853 bits per heavy atom. The number of nitrogens with one attached hydrogen (secondary N) is 2. The van der Waals surface area contributed by atoms with E-state index in [9.17, 15) is 18.0 Å². The molecule has 0 aromatic heterocycles. The highest BCUT2D eigenvalue weighted by molar-refractivity contribution is 7.89. The minimum atomic E-state index is -4.09. The number of benzene rings is 3. The van der Waals surface area contributed by atoms with Crippen molar-refractivity contribution in [2.75, 3.05) is 12.4 Å². The summed E-state index contributed by atoms with van der Waals surface area (Å²) in [5.41, 5.74) is 1.76. The number of carbonyl (C=O) groups is 2. The van der Waals surface area contributed by atoms with Gasteiger partial charge in [-0.1, -0.05) is 65.7 Å². The highest BCUT2D eigenvalue weighted by Gasteiger charge is 2.42. The van der Waals surface area contributed by atoms with Gasteiger partial charge in [-0.05, 0) is 42.8 Å². The molecule has 0 saturated carbocycles. The standard InChI is InChI=1S/C25H22ClN3O4S/c1-16-12-14-18(15-13-16)34(32,33)28-22(19-10-6-7-11-20(19)26)21-23(25(31)29(2)24(21)30)27-17-8-4-3-5-9-17/h3-15,22,27-28H,1-2H3. The van der Waals surface area contributed by atoms with E-state index in [1.165, 1.54) is 19.2 Å². The molecule has 3 aromatic carbocycles. The number of imide groups is 1. The summed E-state index contributed by atoms with van der Waals surface area (Å²) in [6, 6.07) is 20.5. The fraction of sp³-hybridized carbons (Fsp3) is 0.120. The highest BCUT2D eigenvalue weighted by atomic mass is 35.5. The Kier molecular flexibility index (Phi) is 6.56. The van der Waals surface area contributed by atoms with Gasteiger partial charge in [-0.15, -0.1) is 0 Å². The fourth-order valence-corrected chi connectivity index (χ4v) is 5.08. The molecule has 1 heterocycles. The predicted molar refractivity (Wildman–Crippen MR) is 131 cm³/mol. The number of sulfonamides is 1. The van der Waals surface area contributed by atoms with Crippen LogP contribution in [0.15, 0.2) is 95.0 Å². The van der Waals surface area contributed by atoms with Crippen molar-refractivity contribution >= 4 is 39.1 Å². The van der Waals surface area contributed by atoms with Gasteiger partial charge in [0.2, 0.25) is 10.0 Å². The van der Waals surface area contributed by atoms with Gasteiger partial charge in [-0.3, -0.25) is 14.5 Å². The van der Waals surface area contributed by atoms with Crippen molar-refractivity contribution in [2.45, 2.75) is 17.9 Å². The van der Waals surface area contributed by atoms with Crippen LogP contribution in [0.4, 0.5) is 5.69 Å². The Morgan fingerprint density at radius 3 is 2.12 bits per heavy atom. The zero-order chi connectivity index (χ0) is 24.5. The average Bonchev–Trinajstić information content (AvgIpc) is 3.02. The zero-order valence-corrected chi connectivity index (χ0v) is 20.0. The third kappa shape index (κ3) is 4.61. The van der Waals surface area contributed by atoms with E-state index in [1.54, 1.807) is 60.7 Å². The molecule has 7 nitrogen and oxygen atoms in total. The normalized spacial score (nSPS) is 15.1. The zero-order valence-electron chi connectivity index (χ0n) is 18.4. The number of amides is 2. The van der Waals surface area contributed by atoms with Crippen molar-refractivity contribution in [1.29, 1.82) is 0 Å². The molecule has 1 aliphatic rings. The van der Waals surface area contributed by atoms with Gasteiger partial charge in [0.15, 0.2) is 0 Å². The highest BCUT2D eigenvalue weighted by Crippen LogP contribution is 2.36. The summed E-state index contributed by atoms with van der Waals surface area (Å²) in [4.78, 5) is 27.2. The van der Waals surface area contributed by atoms with E-state index < -0.39 is 27.9 Å². The van der Waals surface area contributed by atoms with E-state index in [2.05, 4.69) is 10.0 Å². The first kappa shape index (κ1) is 23.7. The summed E-state index contributed by atoms with van der Waals surface area (Å²) in [6.45, 7) is 1.85. The van der Waals surface area contributed by atoms with Crippen LogP contribution in [0.3, 0.4) is 0 Å². The summed E-state index contributed by atoms with van der Waals surface area (Å²) in [6.07, 6.45) is 0. The first-order valence-corrected chi connectivity index (χ1v) is 12.3. The van der Waals surface area contributed by atoms with Crippen molar-refractivity contribution < 1.29 is 18.0 Å². The van der Waals surface area contributed by atoms with Crippen molar-refractivity contribution in [3.05, 3.63) is 106 Å². The first-order valence-electron chi connectivity index (χ1n) is 10.4. The monoisotopic (exact) mass is 495 g/mol. The molecular formula is C25H22ClN3O4S. The molecule has 1 aliphatic heterocycles. The van der Waals surface area contributed by atoms with Crippen LogP contribution in [0.5, 0.6) is 0 Å². The number of anilines is 1. The van der Waals surface area contributed by atoms with Crippen molar-refractivity contribution in [2.24, 2.45) is 0 Å². The second kappa shape index (κ2) is 9.42.